The minimum absolute atomic E-state index is 0.250. The molecule has 1 atom stereocenters. The number of esters is 1. The van der Waals surface area contributed by atoms with Gasteiger partial charge in [-0.15, -0.1) is 0 Å². The Bertz CT molecular complexity index is 1080. The van der Waals surface area contributed by atoms with Gasteiger partial charge in [0, 0.05) is 11.1 Å². The van der Waals surface area contributed by atoms with E-state index in [1.54, 1.807) is 36.4 Å². The number of benzene rings is 4. The molecule has 3 nitrogen and oxygen atoms in total. The van der Waals surface area contributed by atoms with Crippen molar-refractivity contribution in [3.05, 3.63) is 144 Å². The molecule has 4 aromatic rings. The quantitative estimate of drug-likeness (QED) is 0.280. The van der Waals surface area contributed by atoms with Gasteiger partial charge in [0.1, 0.15) is 5.92 Å². The Hall–Kier alpha value is -3.98. The van der Waals surface area contributed by atoms with Gasteiger partial charge in [-0.2, -0.15) is 0 Å². The van der Waals surface area contributed by atoms with Crippen molar-refractivity contribution in [2.75, 3.05) is 0 Å². The van der Waals surface area contributed by atoms with Gasteiger partial charge < -0.3 is 4.74 Å². The molecule has 4 aromatic carbocycles. The number of hydrogen-bond donors (Lipinski definition) is 0. The summed E-state index contributed by atoms with van der Waals surface area (Å²) in [4.78, 5) is 26.8. The molecule has 0 bridgehead atoms. The maximum Gasteiger partial charge on any atom is 0.319 e. The number of carbonyl (C=O) groups excluding carboxylic acids is 2. The highest BCUT2D eigenvalue weighted by Gasteiger charge is 2.31. The molecular weight excluding hydrogens is 384 g/mol. The summed E-state index contributed by atoms with van der Waals surface area (Å²) >= 11 is 0. The molecule has 4 rings (SSSR count). The van der Waals surface area contributed by atoms with E-state index in [1.165, 1.54) is 0 Å². The second-order valence-corrected chi connectivity index (χ2v) is 7.21. The fourth-order valence-electron chi connectivity index (χ4n) is 3.59. The van der Waals surface area contributed by atoms with Gasteiger partial charge in [0.15, 0.2) is 6.10 Å². The van der Waals surface area contributed by atoms with Crippen LogP contribution in [0, 0.1) is 0 Å². The van der Waals surface area contributed by atoms with Crippen molar-refractivity contribution in [1.29, 1.82) is 0 Å². The first kappa shape index (κ1) is 20.3. The van der Waals surface area contributed by atoms with E-state index >= 15 is 0 Å². The van der Waals surface area contributed by atoms with Crippen LogP contribution in [-0.4, -0.2) is 11.8 Å². The lowest BCUT2D eigenvalue weighted by atomic mass is 9.91. The number of ether oxygens (including phenoxy) is 1. The highest BCUT2D eigenvalue weighted by Crippen LogP contribution is 2.30. The smallest absolute Gasteiger partial charge is 0.319 e. The molecule has 1 unspecified atom stereocenters. The van der Waals surface area contributed by atoms with Crippen LogP contribution in [-0.2, 0) is 9.53 Å². The van der Waals surface area contributed by atoms with Gasteiger partial charge in [-0.05, 0) is 11.1 Å². The average Bonchev–Trinajstić information content (AvgIpc) is 2.85. The van der Waals surface area contributed by atoms with Crippen molar-refractivity contribution < 1.29 is 14.3 Å². The SMILES string of the molecule is O=C(c1ccccc1)C(OC(=O)C(c1ccccc1)c1ccccc1)c1ccccc1. The first-order chi connectivity index (χ1) is 15.2. The second-order valence-electron chi connectivity index (χ2n) is 7.21. The molecule has 31 heavy (non-hydrogen) atoms. The van der Waals surface area contributed by atoms with Crippen LogP contribution in [0.4, 0.5) is 0 Å². The number of Topliss-reactive ketones (excluding diaryl/α,β-unsaturated/α-hetero) is 1. The van der Waals surface area contributed by atoms with Crippen molar-refractivity contribution in [2.45, 2.75) is 12.0 Å². The van der Waals surface area contributed by atoms with E-state index in [0.29, 0.717) is 11.1 Å². The lowest BCUT2D eigenvalue weighted by Gasteiger charge is -2.22. The Morgan fingerprint density at radius 3 is 1.35 bits per heavy atom. The Balaban J connectivity index is 1.71. The summed E-state index contributed by atoms with van der Waals surface area (Å²) < 4.78 is 5.94. The molecule has 0 fully saturated rings. The molecule has 0 spiro atoms. The molecule has 0 aliphatic rings. The third-order valence-corrected chi connectivity index (χ3v) is 5.13. The monoisotopic (exact) mass is 406 g/mol. The van der Waals surface area contributed by atoms with Gasteiger partial charge in [-0.1, -0.05) is 121 Å². The number of rotatable bonds is 7. The van der Waals surface area contributed by atoms with Crippen LogP contribution >= 0.6 is 0 Å². The van der Waals surface area contributed by atoms with Crippen LogP contribution in [0.2, 0.25) is 0 Å². The van der Waals surface area contributed by atoms with Crippen molar-refractivity contribution in [3.63, 3.8) is 0 Å². The first-order valence-corrected chi connectivity index (χ1v) is 10.2. The maximum absolute atomic E-state index is 13.5. The first-order valence-electron chi connectivity index (χ1n) is 10.2. The third-order valence-electron chi connectivity index (χ3n) is 5.13. The van der Waals surface area contributed by atoms with E-state index in [2.05, 4.69) is 0 Å². The van der Waals surface area contributed by atoms with Gasteiger partial charge in [-0.25, -0.2) is 0 Å². The lowest BCUT2D eigenvalue weighted by molar-refractivity contribution is -0.148. The molecule has 0 radical (unpaired) electrons. The Morgan fingerprint density at radius 2 is 0.903 bits per heavy atom. The van der Waals surface area contributed by atoms with Gasteiger partial charge in [0.2, 0.25) is 5.78 Å². The summed E-state index contributed by atoms with van der Waals surface area (Å²) in [7, 11) is 0. The highest BCUT2D eigenvalue weighted by atomic mass is 16.5. The summed E-state index contributed by atoms with van der Waals surface area (Å²) in [6, 6.07) is 37.0. The fraction of sp³-hybridized carbons (Fsp3) is 0.0714. The van der Waals surface area contributed by atoms with Crippen LogP contribution in [0.15, 0.2) is 121 Å². The molecule has 0 saturated carbocycles. The van der Waals surface area contributed by atoms with Gasteiger partial charge in [-0.3, -0.25) is 9.59 Å². The summed E-state index contributed by atoms with van der Waals surface area (Å²) in [5.74, 6) is -1.34. The second kappa shape index (κ2) is 9.68. The van der Waals surface area contributed by atoms with Gasteiger partial charge >= 0.3 is 5.97 Å². The summed E-state index contributed by atoms with van der Waals surface area (Å²) in [5.41, 5.74) is 2.78. The van der Waals surface area contributed by atoms with Crippen molar-refractivity contribution in [3.8, 4) is 0 Å². The standard InChI is InChI=1S/C28H22O3/c29-26(23-17-9-3-10-18-23)27(24-19-11-4-12-20-24)31-28(30)25(21-13-5-1-6-14-21)22-15-7-2-8-16-22/h1-20,25,27H. The zero-order chi connectivity index (χ0) is 21.5. The number of hydrogen-bond acceptors (Lipinski definition) is 3. The molecule has 0 aliphatic carbocycles. The third kappa shape index (κ3) is 4.78. The molecular formula is C28H22O3. The van der Waals surface area contributed by atoms with E-state index in [0.717, 1.165) is 11.1 Å². The van der Waals surface area contributed by atoms with E-state index in [1.807, 2.05) is 84.9 Å². The number of ketones is 1. The minimum atomic E-state index is -1.02. The van der Waals surface area contributed by atoms with Crippen LogP contribution in [0.1, 0.15) is 39.1 Å². The number of carbonyl (C=O) groups is 2. The fourth-order valence-corrected chi connectivity index (χ4v) is 3.59. The Morgan fingerprint density at radius 1 is 0.516 bits per heavy atom. The average molecular weight is 406 g/mol. The van der Waals surface area contributed by atoms with E-state index in [-0.39, 0.29) is 5.78 Å². The maximum atomic E-state index is 13.5. The van der Waals surface area contributed by atoms with Crippen molar-refractivity contribution in [1.82, 2.24) is 0 Å². The zero-order valence-corrected chi connectivity index (χ0v) is 16.9. The molecule has 0 N–H and O–H groups in total. The van der Waals surface area contributed by atoms with E-state index in [4.69, 9.17) is 4.74 Å². The molecule has 0 aromatic heterocycles. The Kier molecular flexibility index (Phi) is 6.34. The van der Waals surface area contributed by atoms with Crippen LogP contribution in [0.25, 0.3) is 0 Å². The predicted octanol–water partition coefficient (Wildman–Crippen LogP) is 5.99. The molecule has 152 valence electrons. The molecule has 0 amide bonds. The van der Waals surface area contributed by atoms with Gasteiger partial charge in [0.25, 0.3) is 0 Å². The zero-order valence-electron chi connectivity index (χ0n) is 16.9. The van der Waals surface area contributed by atoms with Crippen LogP contribution < -0.4 is 0 Å². The normalized spacial score (nSPS) is 11.6. The molecule has 3 heteroatoms. The van der Waals surface area contributed by atoms with E-state index < -0.39 is 18.0 Å². The van der Waals surface area contributed by atoms with Crippen molar-refractivity contribution >= 4 is 11.8 Å². The van der Waals surface area contributed by atoms with E-state index in [9.17, 15) is 9.59 Å². The summed E-state index contributed by atoms with van der Waals surface area (Å²) in [6.07, 6.45) is -1.02. The van der Waals surface area contributed by atoms with Crippen LogP contribution in [0.5, 0.6) is 0 Å². The van der Waals surface area contributed by atoms with Gasteiger partial charge in [0.05, 0.1) is 0 Å². The van der Waals surface area contributed by atoms with Crippen molar-refractivity contribution in [2.24, 2.45) is 0 Å². The minimum Gasteiger partial charge on any atom is -0.448 e. The summed E-state index contributed by atoms with van der Waals surface area (Å²) in [5, 5.41) is 0. The lowest BCUT2D eigenvalue weighted by Crippen LogP contribution is -2.24. The Labute approximate surface area is 181 Å². The topological polar surface area (TPSA) is 43.4 Å². The molecule has 0 aliphatic heterocycles. The molecule has 0 heterocycles. The molecule has 0 saturated heterocycles. The predicted molar refractivity (Wildman–Crippen MR) is 121 cm³/mol. The van der Waals surface area contributed by atoms with Crippen LogP contribution in [0.3, 0.4) is 0 Å². The largest absolute Gasteiger partial charge is 0.448 e. The summed E-state index contributed by atoms with van der Waals surface area (Å²) in [6.45, 7) is 0. The highest BCUT2D eigenvalue weighted by molar-refractivity contribution is 6.01.